The number of aryl methyl sites for hydroxylation is 1. The highest BCUT2D eigenvalue weighted by Gasteiger charge is 2.22. The monoisotopic (exact) mass is 541 g/mol. The van der Waals surface area contributed by atoms with Crippen molar-refractivity contribution >= 4 is 41.3 Å². The molecule has 3 aromatic rings. The van der Waals surface area contributed by atoms with Crippen molar-refractivity contribution in [1.29, 1.82) is 0 Å². The summed E-state index contributed by atoms with van der Waals surface area (Å²) in [5.74, 6) is 0.939. The summed E-state index contributed by atoms with van der Waals surface area (Å²) in [7, 11) is 1.76. The van der Waals surface area contributed by atoms with Gasteiger partial charge in [-0.25, -0.2) is 8.78 Å². The number of benzene rings is 1. The minimum atomic E-state index is -0.424. The second-order valence-electron chi connectivity index (χ2n) is 7.19. The number of piperazine rings is 1. The fourth-order valence-electron chi connectivity index (χ4n) is 3.73. The van der Waals surface area contributed by atoms with Crippen LogP contribution < -0.4 is 10.2 Å². The van der Waals surface area contributed by atoms with Crippen LogP contribution in [0.5, 0.6) is 0 Å². The number of pyridine rings is 1. The highest BCUT2D eigenvalue weighted by atomic mass is 127. The molecular weight excluding hydrogens is 515 g/mol. The number of rotatable bonds is 5. The minimum absolute atomic E-state index is 0. The van der Waals surface area contributed by atoms with Crippen LogP contribution in [-0.2, 0) is 6.42 Å². The average molecular weight is 541 g/mol. The lowest BCUT2D eigenvalue weighted by Crippen LogP contribution is -2.52. The summed E-state index contributed by atoms with van der Waals surface area (Å²) in [6, 6.07) is 9.43. The van der Waals surface area contributed by atoms with E-state index in [0.717, 1.165) is 42.9 Å². The van der Waals surface area contributed by atoms with E-state index in [1.54, 1.807) is 7.05 Å². The Kier molecular flexibility index (Phi) is 7.99. The van der Waals surface area contributed by atoms with Gasteiger partial charge in [-0.15, -0.1) is 34.2 Å². The van der Waals surface area contributed by atoms with Crippen molar-refractivity contribution in [3.63, 3.8) is 0 Å². The Balaban J connectivity index is 0.00000272. The molecule has 1 saturated heterocycles. The van der Waals surface area contributed by atoms with Gasteiger partial charge < -0.3 is 15.1 Å². The van der Waals surface area contributed by atoms with Gasteiger partial charge in [-0.05, 0) is 30.7 Å². The number of halogens is 3. The first kappa shape index (κ1) is 23.2. The Morgan fingerprint density at radius 3 is 2.68 bits per heavy atom. The number of nitrogens with one attached hydrogen (secondary N) is 1. The zero-order valence-corrected chi connectivity index (χ0v) is 19.7. The Hall–Kier alpha value is -2.50. The van der Waals surface area contributed by atoms with Crippen LogP contribution in [0.1, 0.15) is 12.2 Å². The van der Waals surface area contributed by atoms with Gasteiger partial charge in [-0.1, -0.05) is 6.07 Å². The van der Waals surface area contributed by atoms with Crippen LogP contribution >= 0.6 is 24.0 Å². The third-order valence-electron chi connectivity index (χ3n) is 5.28. The second-order valence-corrected chi connectivity index (χ2v) is 7.19. The SMILES string of the molecule is CN=C(NCCCc1nnc2ccccn12)N1CCN(c2cc(F)ccc2F)CC1.I. The van der Waals surface area contributed by atoms with Gasteiger partial charge in [0.1, 0.15) is 17.5 Å². The second kappa shape index (κ2) is 10.7. The number of aromatic nitrogens is 3. The van der Waals surface area contributed by atoms with E-state index in [9.17, 15) is 8.78 Å². The molecule has 1 aliphatic heterocycles. The van der Waals surface area contributed by atoms with Gasteiger partial charge in [0.15, 0.2) is 11.6 Å². The van der Waals surface area contributed by atoms with E-state index in [4.69, 9.17) is 0 Å². The molecule has 0 atom stereocenters. The highest BCUT2D eigenvalue weighted by molar-refractivity contribution is 14.0. The van der Waals surface area contributed by atoms with Gasteiger partial charge >= 0.3 is 0 Å². The summed E-state index contributed by atoms with van der Waals surface area (Å²) in [5.41, 5.74) is 1.17. The molecule has 1 aliphatic rings. The molecule has 4 rings (SSSR count). The molecule has 166 valence electrons. The van der Waals surface area contributed by atoms with Crippen LogP contribution in [-0.4, -0.2) is 65.2 Å². The van der Waals surface area contributed by atoms with Crippen molar-refractivity contribution in [3.05, 3.63) is 60.1 Å². The first-order valence-corrected chi connectivity index (χ1v) is 10.1. The van der Waals surface area contributed by atoms with Gasteiger partial charge in [0, 0.05) is 58.5 Å². The van der Waals surface area contributed by atoms with Crippen LogP contribution in [0.2, 0.25) is 0 Å². The van der Waals surface area contributed by atoms with E-state index in [1.165, 1.54) is 12.1 Å². The summed E-state index contributed by atoms with van der Waals surface area (Å²) in [6.07, 6.45) is 3.67. The number of guanidine groups is 1. The molecule has 31 heavy (non-hydrogen) atoms. The quantitative estimate of drug-likeness (QED) is 0.233. The smallest absolute Gasteiger partial charge is 0.193 e. The van der Waals surface area contributed by atoms with E-state index in [-0.39, 0.29) is 24.0 Å². The molecule has 0 amide bonds. The minimum Gasteiger partial charge on any atom is -0.366 e. The third-order valence-corrected chi connectivity index (χ3v) is 5.28. The molecule has 0 bridgehead atoms. The van der Waals surface area contributed by atoms with E-state index in [2.05, 4.69) is 25.4 Å². The van der Waals surface area contributed by atoms with Crippen molar-refractivity contribution in [2.45, 2.75) is 12.8 Å². The van der Waals surface area contributed by atoms with Crippen LogP contribution in [0.3, 0.4) is 0 Å². The van der Waals surface area contributed by atoms with E-state index in [1.807, 2.05) is 33.7 Å². The fourth-order valence-corrected chi connectivity index (χ4v) is 3.73. The first-order valence-electron chi connectivity index (χ1n) is 10.1. The molecule has 10 heteroatoms. The van der Waals surface area contributed by atoms with Crippen LogP contribution in [0.4, 0.5) is 14.5 Å². The molecular formula is C21H26F2IN7. The van der Waals surface area contributed by atoms with Crippen molar-refractivity contribution < 1.29 is 8.78 Å². The fraction of sp³-hybridized carbons (Fsp3) is 0.381. The van der Waals surface area contributed by atoms with Gasteiger partial charge in [0.2, 0.25) is 0 Å². The van der Waals surface area contributed by atoms with Crippen molar-refractivity contribution in [1.82, 2.24) is 24.8 Å². The zero-order valence-electron chi connectivity index (χ0n) is 17.3. The third kappa shape index (κ3) is 5.41. The van der Waals surface area contributed by atoms with Crippen molar-refractivity contribution in [2.75, 3.05) is 44.7 Å². The largest absolute Gasteiger partial charge is 0.366 e. The Morgan fingerprint density at radius 1 is 1.10 bits per heavy atom. The molecule has 1 fully saturated rings. The topological polar surface area (TPSA) is 61.1 Å². The maximum absolute atomic E-state index is 14.0. The summed E-state index contributed by atoms with van der Waals surface area (Å²) in [5, 5.41) is 11.8. The predicted molar refractivity (Wildman–Crippen MR) is 128 cm³/mol. The van der Waals surface area contributed by atoms with E-state index in [0.29, 0.717) is 31.9 Å². The molecule has 0 spiro atoms. The number of hydrogen-bond acceptors (Lipinski definition) is 4. The summed E-state index contributed by atoms with van der Waals surface area (Å²) in [4.78, 5) is 8.38. The molecule has 0 unspecified atom stereocenters. The Bertz CT molecular complexity index is 1030. The molecule has 3 heterocycles. The molecule has 7 nitrogen and oxygen atoms in total. The summed E-state index contributed by atoms with van der Waals surface area (Å²) in [6.45, 7) is 3.33. The van der Waals surface area contributed by atoms with E-state index < -0.39 is 11.6 Å². The van der Waals surface area contributed by atoms with Gasteiger partial charge in [-0.2, -0.15) is 0 Å². The lowest BCUT2D eigenvalue weighted by atomic mass is 10.2. The zero-order chi connectivity index (χ0) is 20.9. The van der Waals surface area contributed by atoms with Crippen LogP contribution in [0.25, 0.3) is 5.65 Å². The predicted octanol–water partition coefficient (Wildman–Crippen LogP) is 2.96. The molecule has 0 saturated carbocycles. The lowest BCUT2D eigenvalue weighted by Gasteiger charge is -2.37. The lowest BCUT2D eigenvalue weighted by molar-refractivity contribution is 0.370. The highest BCUT2D eigenvalue weighted by Crippen LogP contribution is 2.21. The molecule has 1 aromatic carbocycles. The van der Waals surface area contributed by atoms with Gasteiger partial charge in [0.05, 0.1) is 5.69 Å². The maximum Gasteiger partial charge on any atom is 0.193 e. The molecule has 1 N–H and O–H groups in total. The number of aliphatic imine (C=N–C) groups is 1. The van der Waals surface area contributed by atoms with Gasteiger partial charge in [-0.3, -0.25) is 9.39 Å². The number of anilines is 1. The Morgan fingerprint density at radius 2 is 1.90 bits per heavy atom. The number of nitrogens with zero attached hydrogens (tertiary/aromatic N) is 6. The van der Waals surface area contributed by atoms with Crippen LogP contribution in [0.15, 0.2) is 47.6 Å². The number of fused-ring (bicyclic) bond motifs is 1. The molecule has 2 aromatic heterocycles. The molecule has 0 radical (unpaired) electrons. The normalized spacial score (nSPS) is 14.6. The summed E-state index contributed by atoms with van der Waals surface area (Å²) >= 11 is 0. The van der Waals surface area contributed by atoms with E-state index >= 15 is 0 Å². The molecule has 0 aliphatic carbocycles. The van der Waals surface area contributed by atoms with Crippen LogP contribution in [0, 0.1) is 11.6 Å². The Labute approximate surface area is 197 Å². The summed E-state index contributed by atoms with van der Waals surface area (Å²) < 4.78 is 29.5. The van der Waals surface area contributed by atoms with Gasteiger partial charge in [0.25, 0.3) is 0 Å². The maximum atomic E-state index is 14.0. The number of hydrogen-bond donors (Lipinski definition) is 1. The first-order chi connectivity index (χ1) is 14.7. The average Bonchev–Trinajstić information content (AvgIpc) is 3.19. The van der Waals surface area contributed by atoms with Crippen molar-refractivity contribution in [2.24, 2.45) is 4.99 Å². The van der Waals surface area contributed by atoms with Crippen molar-refractivity contribution in [3.8, 4) is 0 Å². The standard InChI is InChI=1S/C21H25F2N7.HI/c1-24-21(25-9-4-6-20-27-26-19-5-2-3-10-30(19)20)29-13-11-28(12-14-29)18-15-16(22)7-8-17(18)23;/h2-3,5,7-8,10,15H,4,6,9,11-14H2,1H3,(H,24,25);1H.